The summed E-state index contributed by atoms with van der Waals surface area (Å²) < 4.78 is 7.51. The molecule has 0 N–H and O–H groups in total. The fraction of sp³-hybridized carbons (Fsp3) is 0.875. The van der Waals surface area contributed by atoms with Crippen LogP contribution in [0, 0.1) is 0 Å². The van der Waals surface area contributed by atoms with Gasteiger partial charge >= 0.3 is 0 Å². The second-order valence-corrected chi connectivity index (χ2v) is 6.40. The molecule has 1 atom stereocenters. The van der Waals surface area contributed by atoms with Crippen LogP contribution in [0.2, 0.25) is 0 Å². The Morgan fingerprint density at radius 3 is 2.68 bits per heavy atom. The van der Waals surface area contributed by atoms with Crippen molar-refractivity contribution in [3.63, 3.8) is 0 Å². The van der Waals surface area contributed by atoms with Crippen molar-refractivity contribution in [1.29, 1.82) is 0 Å². The summed E-state index contributed by atoms with van der Waals surface area (Å²) in [6, 6.07) is 0.263. The van der Waals surface area contributed by atoms with Crippen LogP contribution in [0.25, 0.3) is 0 Å². The molecule has 6 nitrogen and oxygen atoms in total. The van der Waals surface area contributed by atoms with E-state index in [0.717, 1.165) is 38.3 Å². The van der Waals surface area contributed by atoms with E-state index in [1.54, 1.807) is 7.11 Å². The number of hydrogen-bond donors (Lipinski definition) is 0. The van der Waals surface area contributed by atoms with Gasteiger partial charge in [0.15, 0.2) is 0 Å². The Morgan fingerprint density at radius 2 is 1.95 bits per heavy atom. The topological polar surface area (TPSA) is 46.4 Å². The van der Waals surface area contributed by atoms with Gasteiger partial charge in [0, 0.05) is 39.7 Å². The number of nitrogens with zero attached hydrogens (tertiary/aromatic N) is 5. The number of ether oxygens (including phenoxy) is 1. The van der Waals surface area contributed by atoms with Crippen LogP contribution in [0.1, 0.15) is 43.6 Å². The van der Waals surface area contributed by atoms with E-state index in [1.807, 2.05) is 4.68 Å². The molecule has 0 aromatic carbocycles. The number of likely N-dealkylation sites (tertiary alicyclic amines) is 1. The van der Waals surface area contributed by atoms with E-state index < -0.39 is 0 Å². The molecule has 1 aromatic rings. The second-order valence-electron chi connectivity index (χ2n) is 6.40. The van der Waals surface area contributed by atoms with Gasteiger partial charge in [-0.3, -0.25) is 4.90 Å². The Morgan fingerprint density at radius 1 is 1.14 bits per heavy atom. The van der Waals surface area contributed by atoms with Crippen LogP contribution < -0.4 is 0 Å². The summed E-state index contributed by atoms with van der Waals surface area (Å²) in [5, 5.41) is 8.76. The van der Waals surface area contributed by atoms with E-state index in [-0.39, 0.29) is 6.04 Å². The number of fused-ring (bicyclic) bond motifs is 1. The first-order chi connectivity index (χ1) is 10.8. The van der Waals surface area contributed by atoms with Crippen molar-refractivity contribution in [1.82, 2.24) is 24.8 Å². The zero-order valence-corrected chi connectivity index (χ0v) is 14.0. The molecule has 3 rings (SSSR count). The Bertz CT molecular complexity index is 469. The molecule has 0 spiro atoms. The third kappa shape index (κ3) is 3.34. The van der Waals surface area contributed by atoms with Crippen molar-refractivity contribution < 1.29 is 4.74 Å². The van der Waals surface area contributed by atoms with Crippen LogP contribution in [0.5, 0.6) is 0 Å². The lowest BCUT2D eigenvalue weighted by Crippen LogP contribution is -2.43. The molecule has 2 aliphatic heterocycles. The predicted octanol–water partition coefficient (Wildman–Crippen LogP) is 1.33. The van der Waals surface area contributed by atoms with Crippen molar-refractivity contribution in [2.24, 2.45) is 0 Å². The molecular formula is C16H29N5O. The lowest BCUT2D eigenvalue weighted by molar-refractivity contribution is 0.0695. The van der Waals surface area contributed by atoms with Crippen molar-refractivity contribution >= 4 is 0 Å². The van der Waals surface area contributed by atoms with Crippen molar-refractivity contribution in [3.05, 3.63) is 11.4 Å². The molecule has 3 heterocycles. The summed E-state index contributed by atoms with van der Waals surface area (Å²) in [5.74, 6) is 0. The summed E-state index contributed by atoms with van der Waals surface area (Å²) in [4.78, 5) is 5.14. The first-order valence-corrected chi connectivity index (χ1v) is 8.71. The summed E-state index contributed by atoms with van der Waals surface area (Å²) in [5.41, 5.74) is 2.44. The van der Waals surface area contributed by atoms with Crippen LogP contribution >= 0.6 is 0 Å². The smallest absolute Gasteiger partial charge is 0.105 e. The van der Waals surface area contributed by atoms with E-state index in [0.29, 0.717) is 6.61 Å². The SMILES string of the molecule is CCn1nnc2c1CCN(CCN1CCCCC1)[C@H]2COC. The monoisotopic (exact) mass is 307 g/mol. The molecule has 0 unspecified atom stereocenters. The van der Waals surface area contributed by atoms with E-state index in [4.69, 9.17) is 4.74 Å². The number of aryl methyl sites for hydroxylation is 1. The minimum atomic E-state index is 0.263. The molecule has 1 fully saturated rings. The van der Waals surface area contributed by atoms with Crippen LogP contribution in [0.3, 0.4) is 0 Å². The maximum absolute atomic E-state index is 5.47. The standard InChI is InChI=1S/C16H29N5O/c1-3-21-14-7-10-20(12-11-19-8-5-4-6-9-19)15(13-22-2)16(14)17-18-21/h15H,3-13H2,1-2H3/t15-/m0/s1. The van der Waals surface area contributed by atoms with Gasteiger partial charge in [-0.15, -0.1) is 5.10 Å². The van der Waals surface area contributed by atoms with E-state index in [2.05, 4.69) is 27.0 Å². The molecular weight excluding hydrogens is 278 g/mol. The number of methoxy groups -OCH3 is 1. The molecule has 0 amide bonds. The zero-order valence-electron chi connectivity index (χ0n) is 14.0. The molecule has 6 heteroatoms. The minimum Gasteiger partial charge on any atom is -0.383 e. The van der Waals surface area contributed by atoms with Gasteiger partial charge in [0.1, 0.15) is 5.69 Å². The summed E-state index contributed by atoms with van der Waals surface area (Å²) >= 11 is 0. The van der Waals surface area contributed by atoms with Crippen LogP contribution in [-0.4, -0.2) is 71.2 Å². The average Bonchev–Trinajstić information content (AvgIpc) is 2.98. The van der Waals surface area contributed by atoms with Gasteiger partial charge in [-0.2, -0.15) is 0 Å². The summed E-state index contributed by atoms with van der Waals surface area (Å²) in [6.07, 6.45) is 5.17. The number of aromatic nitrogens is 3. The van der Waals surface area contributed by atoms with Crippen LogP contribution in [-0.2, 0) is 17.7 Å². The first kappa shape index (κ1) is 15.9. The Hall–Kier alpha value is -0.980. The van der Waals surface area contributed by atoms with Crippen molar-refractivity contribution in [2.45, 2.75) is 45.2 Å². The largest absolute Gasteiger partial charge is 0.383 e. The maximum Gasteiger partial charge on any atom is 0.105 e. The highest BCUT2D eigenvalue weighted by Gasteiger charge is 2.31. The molecule has 0 aliphatic carbocycles. The molecule has 2 aliphatic rings. The number of piperidine rings is 1. The van der Waals surface area contributed by atoms with Gasteiger partial charge in [-0.05, 0) is 32.9 Å². The fourth-order valence-electron chi connectivity index (χ4n) is 3.76. The predicted molar refractivity (Wildman–Crippen MR) is 85.9 cm³/mol. The highest BCUT2D eigenvalue weighted by atomic mass is 16.5. The lowest BCUT2D eigenvalue weighted by atomic mass is 10.0. The normalized spacial score (nSPS) is 23.6. The Balaban J connectivity index is 1.65. The number of rotatable bonds is 6. The summed E-state index contributed by atoms with van der Waals surface area (Å²) in [6.45, 7) is 9.61. The van der Waals surface area contributed by atoms with Crippen LogP contribution in [0.4, 0.5) is 0 Å². The quantitative estimate of drug-likeness (QED) is 0.793. The van der Waals surface area contributed by atoms with Gasteiger partial charge in [0.05, 0.1) is 18.3 Å². The van der Waals surface area contributed by atoms with Gasteiger partial charge in [0.25, 0.3) is 0 Å². The maximum atomic E-state index is 5.47. The third-order valence-electron chi connectivity index (χ3n) is 5.04. The minimum absolute atomic E-state index is 0.263. The molecule has 0 saturated carbocycles. The molecule has 0 radical (unpaired) electrons. The van der Waals surface area contributed by atoms with Crippen LogP contribution in [0.15, 0.2) is 0 Å². The van der Waals surface area contributed by atoms with Gasteiger partial charge in [0.2, 0.25) is 0 Å². The molecule has 1 saturated heterocycles. The summed E-state index contributed by atoms with van der Waals surface area (Å²) in [7, 11) is 1.78. The van der Waals surface area contributed by atoms with Gasteiger partial charge in [-0.1, -0.05) is 11.6 Å². The van der Waals surface area contributed by atoms with Crippen molar-refractivity contribution in [3.8, 4) is 0 Å². The average molecular weight is 307 g/mol. The van der Waals surface area contributed by atoms with E-state index >= 15 is 0 Å². The highest BCUT2D eigenvalue weighted by Crippen LogP contribution is 2.28. The fourth-order valence-corrected chi connectivity index (χ4v) is 3.76. The van der Waals surface area contributed by atoms with Crippen molar-refractivity contribution in [2.75, 3.05) is 46.4 Å². The highest BCUT2D eigenvalue weighted by molar-refractivity contribution is 5.19. The molecule has 124 valence electrons. The molecule has 0 bridgehead atoms. The zero-order chi connectivity index (χ0) is 15.4. The lowest BCUT2D eigenvalue weighted by Gasteiger charge is -2.36. The molecule has 22 heavy (non-hydrogen) atoms. The van der Waals surface area contributed by atoms with E-state index in [1.165, 1.54) is 38.0 Å². The Labute approximate surface area is 133 Å². The Kier molecular flexibility index (Phi) is 5.44. The third-order valence-corrected chi connectivity index (χ3v) is 5.04. The van der Waals surface area contributed by atoms with E-state index in [9.17, 15) is 0 Å². The first-order valence-electron chi connectivity index (χ1n) is 8.71. The number of hydrogen-bond acceptors (Lipinski definition) is 5. The van der Waals surface area contributed by atoms with Gasteiger partial charge in [-0.25, -0.2) is 4.68 Å². The second kappa shape index (κ2) is 7.53. The molecule has 1 aromatic heterocycles. The van der Waals surface area contributed by atoms with Gasteiger partial charge < -0.3 is 9.64 Å².